The van der Waals surface area contributed by atoms with E-state index in [0.29, 0.717) is 0 Å². The van der Waals surface area contributed by atoms with Crippen molar-refractivity contribution < 1.29 is 0 Å². The van der Waals surface area contributed by atoms with Crippen LogP contribution in [0.3, 0.4) is 0 Å². The molecule has 0 saturated carbocycles. The zero-order valence-corrected chi connectivity index (χ0v) is 12.7. The molecule has 1 aromatic heterocycles. The lowest BCUT2D eigenvalue weighted by Gasteiger charge is -2.08. The normalized spacial score (nSPS) is 12.2. The Balaban J connectivity index is 1.78. The lowest BCUT2D eigenvalue weighted by atomic mass is 9.96. The largest absolute Gasteiger partial charge is 0.256 e. The van der Waals surface area contributed by atoms with E-state index in [1.54, 1.807) is 0 Å². The molecule has 5 rings (SSSR count). The number of hydrogen-bond acceptors (Lipinski definition) is 1. The molecule has 0 radical (unpaired) electrons. The third-order valence-corrected chi connectivity index (χ3v) is 4.78. The third kappa shape index (κ3) is 1.83. The minimum absolute atomic E-state index is 0.962. The maximum atomic E-state index is 4.64. The minimum Gasteiger partial charge on any atom is -0.256 e. The van der Waals surface area contributed by atoms with E-state index in [1.807, 2.05) is 12.3 Å². The predicted octanol–water partition coefficient (Wildman–Crippen LogP) is 5.47. The van der Waals surface area contributed by atoms with Gasteiger partial charge in [0, 0.05) is 18.0 Å². The monoisotopic (exact) mass is 293 g/mol. The average molecular weight is 293 g/mol. The Morgan fingerprint density at radius 2 is 1.43 bits per heavy atom. The van der Waals surface area contributed by atoms with Crippen LogP contribution in [0.5, 0.6) is 0 Å². The van der Waals surface area contributed by atoms with Crippen LogP contribution in [-0.2, 0) is 6.42 Å². The fourth-order valence-electron chi connectivity index (χ4n) is 3.73. The lowest BCUT2D eigenvalue weighted by Crippen LogP contribution is -1.89. The highest BCUT2D eigenvalue weighted by atomic mass is 14.7. The van der Waals surface area contributed by atoms with E-state index in [-0.39, 0.29) is 0 Å². The molecule has 0 spiro atoms. The standard InChI is InChI=1S/C22H15N/c1-2-6-15(7-3-1)17-9-4-10-18-19-12-11-16-8-5-13-23-22(16)21(19)14-20(17)18/h1-13H,14H2. The van der Waals surface area contributed by atoms with E-state index < -0.39 is 0 Å². The second-order valence-electron chi connectivity index (χ2n) is 6.04. The van der Waals surface area contributed by atoms with Gasteiger partial charge in [-0.05, 0) is 39.4 Å². The quantitative estimate of drug-likeness (QED) is 0.399. The summed E-state index contributed by atoms with van der Waals surface area (Å²) >= 11 is 0. The molecule has 0 unspecified atom stereocenters. The Kier molecular flexibility index (Phi) is 2.62. The first kappa shape index (κ1) is 12.6. The van der Waals surface area contributed by atoms with Crippen LogP contribution in [0, 0.1) is 0 Å². The predicted molar refractivity (Wildman–Crippen MR) is 95.4 cm³/mol. The Labute approximate surface area is 135 Å². The van der Waals surface area contributed by atoms with Crippen LogP contribution in [0.15, 0.2) is 79.0 Å². The summed E-state index contributed by atoms with van der Waals surface area (Å²) < 4.78 is 0. The zero-order chi connectivity index (χ0) is 15.2. The molecule has 1 nitrogen and oxygen atoms in total. The van der Waals surface area contributed by atoms with Crippen molar-refractivity contribution in [2.45, 2.75) is 6.42 Å². The highest BCUT2D eigenvalue weighted by molar-refractivity contribution is 5.94. The van der Waals surface area contributed by atoms with Crippen molar-refractivity contribution in [2.24, 2.45) is 0 Å². The van der Waals surface area contributed by atoms with Gasteiger partial charge in [0.25, 0.3) is 0 Å². The van der Waals surface area contributed by atoms with Crippen LogP contribution in [0.1, 0.15) is 11.1 Å². The van der Waals surface area contributed by atoms with Crippen LogP contribution in [0.4, 0.5) is 0 Å². The van der Waals surface area contributed by atoms with Crippen molar-refractivity contribution >= 4 is 10.9 Å². The van der Waals surface area contributed by atoms with Crippen molar-refractivity contribution in [3.05, 3.63) is 90.1 Å². The van der Waals surface area contributed by atoms with Gasteiger partial charge >= 0.3 is 0 Å². The molecule has 1 heterocycles. The van der Waals surface area contributed by atoms with E-state index in [2.05, 4.69) is 71.7 Å². The molecule has 1 aliphatic carbocycles. The maximum Gasteiger partial charge on any atom is 0.0743 e. The van der Waals surface area contributed by atoms with Crippen LogP contribution in [0.25, 0.3) is 33.2 Å². The molecular formula is C22H15N. The van der Waals surface area contributed by atoms with Crippen LogP contribution >= 0.6 is 0 Å². The number of pyridine rings is 1. The summed E-state index contributed by atoms with van der Waals surface area (Å²) in [5, 5.41) is 1.22. The van der Waals surface area contributed by atoms with Gasteiger partial charge in [-0.2, -0.15) is 0 Å². The molecule has 0 saturated heterocycles. The molecule has 0 N–H and O–H groups in total. The molecule has 4 aromatic rings. The topological polar surface area (TPSA) is 12.9 Å². The van der Waals surface area contributed by atoms with Gasteiger partial charge in [0.15, 0.2) is 0 Å². The molecule has 0 atom stereocenters. The molecule has 23 heavy (non-hydrogen) atoms. The lowest BCUT2D eigenvalue weighted by molar-refractivity contribution is 1.26. The Morgan fingerprint density at radius 1 is 0.609 bits per heavy atom. The number of rotatable bonds is 1. The van der Waals surface area contributed by atoms with E-state index >= 15 is 0 Å². The molecule has 1 aliphatic rings. The second kappa shape index (κ2) is 4.79. The number of fused-ring (bicyclic) bond motifs is 5. The van der Waals surface area contributed by atoms with E-state index in [4.69, 9.17) is 0 Å². The van der Waals surface area contributed by atoms with Gasteiger partial charge in [0.05, 0.1) is 5.52 Å². The van der Waals surface area contributed by atoms with Crippen molar-refractivity contribution in [3.8, 4) is 22.3 Å². The van der Waals surface area contributed by atoms with Crippen molar-refractivity contribution in [3.63, 3.8) is 0 Å². The zero-order valence-electron chi connectivity index (χ0n) is 12.7. The third-order valence-electron chi connectivity index (χ3n) is 4.78. The molecule has 108 valence electrons. The molecular weight excluding hydrogens is 278 g/mol. The Bertz CT molecular complexity index is 1030. The summed E-state index contributed by atoms with van der Waals surface area (Å²) in [5.74, 6) is 0. The summed E-state index contributed by atoms with van der Waals surface area (Å²) in [7, 11) is 0. The molecule has 0 aliphatic heterocycles. The van der Waals surface area contributed by atoms with Gasteiger partial charge in [0.2, 0.25) is 0 Å². The van der Waals surface area contributed by atoms with Crippen molar-refractivity contribution in [1.29, 1.82) is 0 Å². The van der Waals surface area contributed by atoms with Crippen LogP contribution < -0.4 is 0 Å². The van der Waals surface area contributed by atoms with Gasteiger partial charge in [-0.25, -0.2) is 0 Å². The minimum atomic E-state index is 0.962. The fraction of sp³-hybridized carbons (Fsp3) is 0.0455. The van der Waals surface area contributed by atoms with Crippen molar-refractivity contribution in [1.82, 2.24) is 4.98 Å². The molecule has 0 bridgehead atoms. The van der Waals surface area contributed by atoms with Gasteiger partial charge in [0.1, 0.15) is 0 Å². The highest BCUT2D eigenvalue weighted by Crippen LogP contribution is 2.43. The van der Waals surface area contributed by atoms with Gasteiger partial charge in [-0.15, -0.1) is 0 Å². The van der Waals surface area contributed by atoms with Gasteiger partial charge < -0.3 is 0 Å². The highest BCUT2D eigenvalue weighted by Gasteiger charge is 2.23. The smallest absolute Gasteiger partial charge is 0.0743 e. The van der Waals surface area contributed by atoms with E-state index in [9.17, 15) is 0 Å². The number of aromatic nitrogens is 1. The first-order valence-corrected chi connectivity index (χ1v) is 7.96. The molecule has 0 amide bonds. The fourth-order valence-corrected chi connectivity index (χ4v) is 3.73. The van der Waals surface area contributed by atoms with Crippen LogP contribution in [0.2, 0.25) is 0 Å². The Hall–Kier alpha value is -2.93. The van der Waals surface area contributed by atoms with Crippen molar-refractivity contribution in [2.75, 3.05) is 0 Å². The Morgan fingerprint density at radius 3 is 2.35 bits per heavy atom. The number of nitrogens with zero attached hydrogens (tertiary/aromatic N) is 1. The van der Waals surface area contributed by atoms with Gasteiger partial charge in [-0.3, -0.25) is 4.98 Å². The maximum absolute atomic E-state index is 4.64. The molecule has 0 fully saturated rings. The first-order chi connectivity index (χ1) is 11.4. The van der Waals surface area contributed by atoms with Crippen LogP contribution in [-0.4, -0.2) is 4.98 Å². The summed E-state index contributed by atoms with van der Waals surface area (Å²) in [5.41, 5.74) is 9.24. The molecule has 1 heteroatoms. The average Bonchev–Trinajstić information content (AvgIpc) is 3.01. The number of benzene rings is 3. The summed E-state index contributed by atoms with van der Waals surface area (Å²) in [6.07, 6.45) is 2.85. The number of hydrogen-bond donors (Lipinski definition) is 0. The van der Waals surface area contributed by atoms with E-state index in [0.717, 1.165) is 11.9 Å². The van der Waals surface area contributed by atoms with Gasteiger partial charge in [-0.1, -0.05) is 66.7 Å². The SMILES string of the molecule is c1ccc(-c2cccc3c2Cc2c-3ccc3cccnc23)cc1. The molecule has 3 aromatic carbocycles. The van der Waals surface area contributed by atoms with E-state index in [1.165, 1.54) is 38.8 Å². The first-order valence-electron chi connectivity index (χ1n) is 7.96. The summed E-state index contributed by atoms with van der Waals surface area (Å²) in [6, 6.07) is 25.9. The summed E-state index contributed by atoms with van der Waals surface area (Å²) in [6.45, 7) is 0. The second-order valence-corrected chi connectivity index (χ2v) is 6.04. The summed E-state index contributed by atoms with van der Waals surface area (Å²) in [4.78, 5) is 4.64.